The largest absolute Gasteiger partial charge is 0.369 e. The number of anilines is 3. The summed E-state index contributed by atoms with van der Waals surface area (Å²) in [5.41, 5.74) is 3.71. The highest BCUT2D eigenvalue weighted by Gasteiger charge is 2.22. The summed E-state index contributed by atoms with van der Waals surface area (Å²) in [5, 5.41) is 6.72. The molecule has 170 valence electrons. The van der Waals surface area contributed by atoms with Gasteiger partial charge in [0, 0.05) is 50.6 Å². The molecule has 2 N–H and O–H groups in total. The van der Waals surface area contributed by atoms with Gasteiger partial charge in [0.1, 0.15) is 5.52 Å². The number of fused-ring (bicyclic) bond motifs is 1. The number of hydrogen-bond donors (Lipinski definition) is 2. The Bertz CT molecular complexity index is 1100. The van der Waals surface area contributed by atoms with Crippen LogP contribution in [0.5, 0.6) is 0 Å². The lowest BCUT2D eigenvalue weighted by Gasteiger charge is -2.29. The summed E-state index contributed by atoms with van der Waals surface area (Å²) in [6.45, 7) is 4.10. The van der Waals surface area contributed by atoms with Crippen molar-refractivity contribution in [2.75, 3.05) is 36.4 Å². The molecule has 3 heterocycles. The second-order valence-electron chi connectivity index (χ2n) is 9.02. The summed E-state index contributed by atoms with van der Waals surface area (Å²) < 4.78 is 3.60. The Balaban J connectivity index is 1.40. The molecule has 0 amide bonds. The van der Waals surface area contributed by atoms with Gasteiger partial charge in [-0.25, -0.2) is 9.78 Å². The fourth-order valence-electron chi connectivity index (χ4n) is 5.03. The quantitative estimate of drug-likeness (QED) is 0.652. The smallest absolute Gasteiger partial charge is 0.330 e. The van der Waals surface area contributed by atoms with E-state index >= 15 is 0 Å². The molecular weight excluding hydrogens is 402 g/mol. The van der Waals surface area contributed by atoms with Crippen molar-refractivity contribution < 1.29 is 0 Å². The van der Waals surface area contributed by atoms with Gasteiger partial charge in [0.05, 0.1) is 6.20 Å². The molecule has 8 nitrogen and oxygen atoms in total. The van der Waals surface area contributed by atoms with E-state index in [0.29, 0.717) is 5.95 Å². The molecular formula is C24H33N7O. The average molecular weight is 436 g/mol. The van der Waals surface area contributed by atoms with Crippen LogP contribution in [0.25, 0.3) is 11.2 Å². The zero-order chi connectivity index (χ0) is 21.9. The van der Waals surface area contributed by atoms with Crippen LogP contribution in [0.1, 0.15) is 51.0 Å². The first-order valence-corrected chi connectivity index (χ1v) is 12.0. The molecule has 1 saturated carbocycles. The monoisotopic (exact) mass is 435 g/mol. The molecule has 0 radical (unpaired) electrons. The lowest BCUT2D eigenvalue weighted by atomic mass is 9.96. The van der Waals surface area contributed by atoms with Crippen molar-refractivity contribution in [1.82, 2.24) is 24.4 Å². The maximum absolute atomic E-state index is 13.1. The highest BCUT2D eigenvalue weighted by atomic mass is 16.1. The Morgan fingerprint density at radius 2 is 1.69 bits per heavy atom. The van der Waals surface area contributed by atoms with Crippen LogP contribution in [0.3, 0.4) is 0 Å². The maximum Gasteiger partial charge on any atom is 0.330 e. The topological polar surface area (TPSA) is 80.0 Å². The molecule has 0 bridgehead atoms. The number of aryl methyl sites for hydroxylation is 1. The molecule has 1 aliphatic carbocycles. The highest BCUT2D eigenvalue weighted by Crippen LogP contribution is 2.28. The molecule has 1 aliphatic heterocycles. The number of aromatic nitrogens is 4. The average Bonchev–Trinajstić information content (AvgIpc) is 3.05. The summed E-state index contributed by atoms with van der Waals surface area (Å²) in [6.07, 6.45) is 10.00. The summed E-state index contributed by atoms with van der Waals surface area (Å²) in [4.78, 5) is 24.8. The van der Waals surface area contributed by atoms with Crippen LogP contribution in [0.2, 0.25) is 0 Å². The standard InChI is InChI=1S/C24H33N7O/c1-29-21-17-26-23(27-18-9-11-19(12-10-18)30-15-13-25-14-16-30)28-22(21)31(24(29)32)20-7-5-3-2-4-6-8-20/h9-12,17,20,25H,2-8,13-16H2,1H3,(H,26,27,28). The van der Waals surface area contributed by atoms with Gasteiger partial charge < -0.3 is 15.5 Å². The predicted molar refractivity (Wildman–Crippen MR) is 129 cm³/mol. The van der Waals surface area contributed by atoms with Crippen molar-refractivity contribution in [3.05, 3.63) is 40.9 Å². The van der Waals surface area contributed by atoms with Crippen molar-refractivity contribution in [2.24, 2.45) is 7.05 Å². The van der Waals surface area contributed by atoms with Crippen LogP contribution < -0.4 is 21.2 Å². The molecule has 0 spiro atoms. The molecule has 2 aliphatic rings. The third kappa shape index (κ3) is 4.24. The minimum absolute atomic E-state index is 0.0115. The number of benzene rings is 1. The normalized spacial score (nSPS) is 18.5. The molecule has 1 saturated heterocycles. The van der Waals surface area contributed by atoms with Gasteiger partial charge in [-0.05, 0) is 37.1 Å². The van der Waals surface area contributed by atoms with Crippen LogP contribution in [0, 0.1) is 0 Å². The van der Waals surface area contributed by atoms with Gasteiger partial charge in [-0.3, -0.25) is 9.13 Å². The molecule has 0 unspecified atom stereocenters. The number of nitrogens with one attached hydrogen (secondary N) is 2. The lowest BCUT2D eigenvalue weighted by Crippen LogP contribution is -2.43. The van der Waals surface area contributed by atoms with Gasteiger partial charge in [-0.15, -0.1) is 0 Å². The van der Waals surface area contributed by atoms with E-state index in [4.69, 9.17) is 4.98 Å². The second kappa shape index (κ2) is 9.32. The minimum atomic E-state index is 0.0115. The molecule has 5 rings (SSSR count). The number of imidazole rings is 1. The van der Waals surface area contributed by atoms with E-state index in [2.05, 4.69) is 44.8 Å². The second-order valence-corrected chi connectivity index (χ2v) is 9.02. The summed E-state index contributed by atoms with van der Waals surface area (Å²) in [7, 11) is 1.81. The molecule has 8 heteroatoms. The van der Waals surface area contributed by atoms with Gasteiger partial charge in [0.15, 0.2) is 5.65 Å². The third-order valence-electron chi connectivity index (χ3n) is 6.88. The highest BCUT2D eigenvalue weighted by molar-refractivity contribution is 5.73. The predicted octanol–water partition coefficient (Wildman–Crippen LogP) is 3.57. The van der Waals surface area contributed by atoms with Crippen LogP contribution >= 0.6 is 0 Å². The van der Waals surface area contributed by atoms with Crippen molar-refractivity contribution in [3.63, 3.8) is 0 Å². The van der Waals surface area contributed by atoms with E-state index in [9.17, 15) is 4.79 Å². The molecule has 32 heavy (non-hydrogen) atoms. The zero-order valence-electron chi connectivity index (χ0n) is 18.9. The van der Waals surface area contributed by atoms with Crippen molar-refractivity contribution in [3.8, 4) is 0 Å². The van der Waals surface area contributed by atoms with Crippen LogP contribution in [-0.2, 0) is 7.05 Å². The molecule has 0 atom stereocenters. The zero-order valence-corrected chi connectivity index (χ0v) is 18.9. The van der Waals surface area contributed by atoms with Crippen LogP contribution in [0.15, 0.2) is 35.3 Å². The van der Waals surface area contributed by atoms with E-state index in [1.807, 2.05) is 11.6 Å². The van der Waals surface area contributed by atoms with Gasteiger partial charge in [-0.1, -0.05) is 32.1 Å². The Kier molecular flexibility index (Phi) is 6.12. The van der Waals surface area contributed by atoms with E-state index < -0.39 is 0 Å². The fraction of sp³-hybridized carbons (Fsp3) is 0.542. The summed E-state index contributed by atoms with van der Waals surface area (Å²) in [6, 6.07) is 8.63. The minimum Gasteiger partial charge on any atom is -0.369 e. The fourth-order valence-corrected chi connectivity index (χ4v) is 5.03. The Morgan fingerprint density at radius 1 is 1.00 bits per heavy atom. The van der Waals surface area contributed by atoms with Gasteiger partial charge in [0.2, 0.25) is 5.95 Å². The first-order chi connectivity index (χ1) is 15.7. The Labute approximate surface area is 188 Å². The molecule has 1 aromatic carbocycles. The van der Waals surface area contributed by atoms with Crippen molar-refractivity contribution >= 4 is 28.5 Å². The summed E-state index contributed by atoms with van der Waals surface area (Å²) in [5.74, 6) is 0.526. The van der Waals surface area contributed by atoms with Crippen LogP contribution in [0.4, 0.5) is 17.3 Å². The van der Waals surface area contributed by atoms with Crippen molar-refractivity contribution in [2.45, 2.75) is 51.0 Å². The number of hydrogen-bond acceptors (Lipinski definition) is 6. The number of rotatable bonds is 4. The van der Waals surface area contributed by atoms with E-state index in [-0.39, 0.29) is 11.7 Å². The SMILES string of the molecule is Cn1c(=O)n(C2CCCCCCC2)c2nc(Nc3ccc(N4CCNCC4)cc3)ncc21. The van der Waals surface area contributed by atoms with E-state index in [0.717, 1.165) is 55.9 Å². The third-order valence-corrected chi connectivity index (χ3v) is 6.88. The first-order valence-electron chi connectivity index (χ1n) is 12.0. The Morgan fingerprint density at radius 3 is 2.41 bits per heavy atom. The van der Waals surface area contributed by atoms with Gasteiger partial charge in [0.25, 0.3) is 0 Å². The van der Waals surface area contributed by atoms with E-state index in [1.54, 1.807) is 10.8 Å². The molecule has 2 aromatic heterocycles. The van der Waals surface area contributed by atoms with Crippen molar-refractivity contribution in [1.29, 1.82) is 0 Å². The molecule has 3 aromatic rings. The first kappa shape index (κ1) is 21.0. The van der Waals surface area contributed by atoms with Crippen LogP contribution in [-0.4, -0.2) is 45.3 Å². The number of nitrogens with zero attached hydrogens (tertiary/aromatic N) is 5. The lowest BCUT2D eigenvalue weighted by molar-refractivity contribution is 0.368. The maximum atomic E-state index is 13.1. The number of piperazine rings is 1. The molecule has 2 fully saturated rings. The van der Waals surface area contributed by atoms with Gasteiger partial charge in [-0.2, -0.15) is 4.98 Å². The van der Waals surface area contributed by atoms with Gasteiger partial charge >= 0.3 is 5.69 Å². The summed E-state index contributed by atoms with van der Waals surface area (Å²) >= 11 is 0. The van der Waals surface area contributed by atoms with E-state index in [1.165, 1.54) is 37.8 Å². The Hall–Kier alpha value is -2.87.